The van der Waals surface area contributed by atoms with Crippen LogP contribution in [0.3, 0.4) is 0 Å². The highest BCUT2D eigenvalue weighted by Crippen LogP contribution is 2.25. The highest BCUT2D eigenvalue weighted by atomic mass is 16.3. The van der Waals surface area contributed by atoms with Crippen LogP contribution in [0, 0.1) is 0 Å². The summed E-state index contributed by atoms with van der Waals surface area (Å²) < 4.78 is 5.44. The number of aromatic amines is 2. The molecule has 3 rings (SSSR count). The summed E-state index contributed by atoms with van der Waals surface area (Å²) in [6.07, 6.45) is 6.07. The number of aromatic nitrogens is 3. The molecule has 0 bridgehead atoms. The molecule has 1 aromatic carbocycles. The highest BCUT2D eigenvalue weighted by Gasteiger charge is 2.21. The number of rotatable bonds is 4. The SMILES string of the molecule is CC(C)(C)c1ocnc1/C=c1\[nH]c(=O)/c(=C/CCc2ccccc2)[nH]c1=O. The van der Waals surface area contributed by atoms with Gasteiger partial charge in [0.1, 0.15) is 22.2 Å². The molecule has 0 unspecified atom stereocenters. The molecular formula is C21H23N3O3. The van der Waals surface area contributed by atoms with Crippen molar-refractivity contribution in [1.29, 1.82) is 0 Å². The normalized spacial score (nSPS) is 13.3. The molecule has 2 aromatic heterocycles. The summed E-state index contributed by atoms with van der Waals surface area (Å²) >= 11 is 0. The summed E-state index contributed by atoms with van der Waals surface area (Å²) in [4.78, 5) is 34.1. The minimum atomic E-state index is -0.372. The first-order valence-corrected chi connectivity index (χ1v) is 8.87. The minimum Gasteiger partial charge on any atom is -0.447 e. The van der Waals surface area contributed by atoms with Crippen molar-refractivity contribution in [3.8, 4) is 0 Å². The predicted octanol–water partition coefficient (Wildman–Crippen LogP) is 1.59. The smallest absolute Gasteiger partial charge is 0.272 e. The van der Waals surface area contributed by atoms with Crippen molar-refractivity contribution in [2.75, 3.05) is 0 Å². The van der Waals surface area contributed by atoms with Gasteiger partial charge in [-0.1, -0.05) is 57.2 Å². The Morgan fingerprint density at radius 3 is 2.41 bits per heavy atom. The minimum absolute atomic E-state index is 0.152. The first-order chi connectivity index (χ1) is 12.8. The number of hydrogen-bond donors (Lipinski definition) is 2. The van der Waals surface area contributed by atoms with E-state index in [0.29, 0.717) is 17.9 Å². The fourth-order valence-electron chi connectivity index (χ4n) is 2.82. The fourth-order valence-corrected chi connectivity index (χ4v) is 2.82. The molecule has 3 aromatic rings. The van der Waals surface area contributed by atoms with Gasteiger partial charge in [-0.3, -0.25) is 9.59 Å². The van der Waals surface area contributed by atoms with E-state index in [0.717, 1.165) is 6.42 Å². The van der Waals surface area contributed by atoms with Crippen LogP contribution in [-0.2, 0) is 11.8 Å². The first-order valence-electron chi connectivity index (χ1n) is 8.87. The maximum absolute atomic E-state index is 12.4. The first kappa shape index (κ1) is 18.6. The monoisotopic (exact) mass is 365 g/mol. The van der Waals surface area contributed by atoms with Gasteiger partial charge in [-0.05, 0) is 24.5 Å². The molecular weight excluding hydrogens is 342 g/mol. The molecule has 0 saturated carbocycles. The van der Waals surface area contributed by atoms with Crippen molar-refractivity contribution >= 4 is 12.2 Å². The van der Waals surface area contributed by atoms with E-state index in [1.54, 1.807) is 6.08 Å². The summed E-state index contributed by atoms with van der Waals surface area (Å²) in [5.74, 6) is 0.654. The molecule has 0 aliphatic heterocycles. The van der Waals surface area contributed by atoms with Crippen molar-refractivity contribution in [2.24, 2.45) is 0 Å². The van der Waals surface area contributed by atoms with Gasteiger partial charge in [-0.2, -0.15) is 0 Å². The molecule has 0 aliphatic carbocycles. The second-order valence-electron chi connectivity index (χ2n) is 7.43. The predicted molar refractivity (Wildman–Crippen MR) is 105 cm³/mol. The Labute approximate surface area is 156 Å². The molecule has 0 radical (unpaired) electrons. The summed E-state index contributed by atoms with van der Waals surface area (Å²) in [6.45, 7) is 5.97. The van der Waals surface area contributed by atoms with E-state index in [4.69, 9.17) is 4.42 Å². The molecule has 6 nitrogen and oxygen atoms in total. The number of H-pyrrole nitrogens is 2. The van der Waals surface area contributed by atoms with E-state index in [9.17, 15) is 9.59 Å². The quantitative estimate of drug-likeness (QED) is 0.734. The third kappa shape index (κ3) is 4.53. The summed E-state index contributed by atoms with van der Waals surface area (Å²) in [7, 11) is 0. The lowest BCUT2D eigenvalue weighted by Crippen LogP contribution is -2.46. The molecule has 6 heteroatoms. The van der Waals surface area contributed by atoms with Crippen molar-refractivity contribution in [1.82, 2.24) is 15.0 Å². The van der Waals surface area contributed by atoms with Gasteiger partial charge in [0.05, 0.1) is 0 Å². The highest BCUT2D eigenvalue weighted by molar-refractivity contribution is 5.46. The average molecular weight is 365 g/mol. The van der Waals surface area contributed by atoms with E-state index in [-0.39, 0.29) is 27.2 Å². The third-order valence-electron chi connectivity index (χ3n) is 4.17. The van der Waals surface area contributed by atoms with Gasteiger partial charge in [-0.25, -0.2) is 4.98 Å². The molecule has 2 N–H and O–H groups in total. The van der Waals surface area contributed by atoms with Gasteiger partial charge in [0, 0.05) is 5.41 Å². The topological polar surface area (TPSA) is 91.8 Å². The molecule has 0 aliphatic rings. The maximum atomic E-state index is 12.4. The second-order valence-corrected chi connectivity index (χ2v) is 7.43. The zero-order valence-corrected chi connectivity index (χ0v) is 15.7. The molecule has 27 heavy (non-hydrogen) atoms. The van der Waals surface area contributed by atoms with Gasteiger partial charge in [-0.15, -0.1) is 0 Å². The lowest BCUT2D eigenvalue weighted by atomic mass is 9.92. The molecule has 0 saturated heterocycles. The molecule has 0 amide bonds. The second kappa shape index (κ2) is 7.61. The van der Waals surface area contributed by atoms with Crippen molar-refractivity contribution in [3.05, 3.63) is 85.1 Å². The Hall–Kier alpha value is -3.15. The van der Waals surface area contributed by atoms with E-state index in [1.165, 1.54) is 18.0 Å². The van der Waals surface area contributed by atoms with Gasteiger partial charge in [0.25, 0.3) is 11.1 Å². The summed E-state index contributed by atoms with van der Waals surface area (Å²) in [5, 5.41) is 0.420. The Kier molecular flexibility index (Phi) is 5.26. The number of hydrogen-bond acceptors (Lipinski definition) is 4. The summed E-state index contributed by atoms with van der Waals surface area (Å²) in [5.41, 5.74) is 0.737. The Balaban J connectivity index is 1.92. The van der Waals surface area contributed by atoms with Crippen LogP contribution in [0.25, 0.3) is 12.2 Å². The number of benzene rings is 1. The van der Waals surface area contributed by atoms with Gasteiger partial charge in [0.2, 0.25) is 0 Å². The number of nitrogens with zero attached hydrogens (tertiary/aromatic N) is 1. The van der Waals surface area contributed by atoms with Gasteiger partial charge < -0.3 is 14.4 Å². The molecule has 0 atom stereocenters. The summed E-state index contributed by atoms with van der Waals surface area (Å²) in [6, 6.07) is 9.98. The Morgan fingerprint density at radius 2 is 1.70 bits per heavy atom. The zero-order chi connectivity index (χ0) is 19.4. The third-order valence-corrected chi connectivity index (χ3v) is 4.17. The van der Waals surface area contributed by atoms with Crippen LogP contribution < -0.4 is 21.8 Å². The van der Waals surface area contributed by atoms with Gasteiger partial charge in [0.15, 0.2) is 6.39 Å². The van der Waals surface area contributed by atoms with Crippen LogP contribution >= 0.6 is 0 Å². The standard InChI is InChI=1S/C21H23N3O3/c1-21(2,3)18-16(22-13-27-18)12-17-20(26)23-15(19(25)24-17)11-7-10-14-8-5-4-6-9-14/h4-6,8-9,11-13H,7,10H2,1-3H3,(H,23,26)(H,24,25)/b15-11-,17-12-. The number of oxazole rings is 1. The maximum Gasteiger partial charge on any atom is 0.272 e. The largest absolute Gasteiger partial charge is 0.447 e. The van der Waals surface area contributed by atoms with Gasteiger partial charge >= 0.3 is 0 Å². The van der Waals surface area contributed by atoms with Crippen LogP contribution in [0.5, 0.6) is 0 Å². The van der Waals surface area contributed by atoms with Crippen molar-refractivity contribution in [3.63, 3.8) is 0 Å². The van der Waals surface area contributed by atoms with Crippen LogP contribution in [-0.4, -0.2) is 15.0 Å². The fraction of sp³-hybridized carbons (Fsp3) is 0.286. The number of aryl methyl sites for hydroxylation is 1. The molecule has 0 spiro atoms. The van der Waals surface area contributed by atoms with E-state index < -0.39 is 0 Å². The molecule has 2 heterocycles. The van der Waals surface area contributed by atoms with E-state index in [1.807, 2.05) is 51.1 Å². The Bertz CT molecular complexity index is 1150. The van der Waals surface area contributed by atoms with Crippen LogP contribution in [0.4, 0.5) is 0 Å². The van der Waals surface area contributed by atoms with Crippen LogP contribution in [0.15, 0.2) is 50.7 Å². The average Bonchev–Trinajstić information content (AvgIpc) is 3.08. The van der Waals surface area contributed by atoms with Crippen molar-refractivity contribution < 1.29 is 4.42 Å². The lowest BCUT2D eigenvalue weighted by Gasteiger charge is -2.14. The zero-order valence-electron chi connectivity index (χ0n) is 15.7. The van der Waals surface area contributed by atoms with Crippen LogP contribution in [0.2, 0.25) is 0 Å². The number of nitrogens with one attached hydrogen (secondary N) is 2. The lowest BCUT2D eigenvalue weighted by molar-refractivity contribution is 0.407. The van der Waals surface area contributed by atoms with E-state index >= 15 is 0 Å². The van der Waals surface area contributed by atoms with E-state index in [2.05, 4.69) is 15.0 Å². The molecule has 140 valence electrons. The van der Waals surface area contributed by atoms with Crippen molar-refractivity contribution in [2.45, 2.75) is 39.0 Å². The van der Waals surface area contributed by atoms with Crippen LogP contribution in [0.1, 0.15) is 44.2 Å². The molecule has 0 fully saturated rings. The Morgan fingerprint density at radius 1 is 1.04 bits per heavy atom.